The highest BCUT2D eigenvalue weighted by molar-refractivity contribution is 9.10. The number of carbonyl (C=O) groups excluding carboxylic acids is 1. The van der Waals surface area contributed by atoms with Gasteiger partial charge in [0, 0.05) is 16.6 Å². The predicted octanol–water partition coefficient (Wildman–Crippen LogP) is 6.36. The molecular weight excluding hydrogens is 544 g/mol. The molecule has 0 bridgehead atoms. The Bertz CT molecular complexity index is 1340. The lowest BCUT2D eigenvalue weighted by Gasteiger charge is -2.12. The number of rotatable bonds is 8. The number of halogens is 1. The molecule has 184 valence electrons. The van der Waals surface area contributed by atoms with Crippen LogP contribution in [0.25, 0.3) is 6.08 Å². The van der Waals surface area contributed by atoms with Gasteiger partial charge in [-0.05, 0) is 84.9 Å². The van der Waals surface area contributed by atoms with Crippen molar-refractivity contribution in [3.8, 4) is 11.5 Å². The highest BCUT2D eigenvalue weighted by Crippen LogP contribution is 2.36. The zero-order valence-corrected chi connectivity index (χ0v) is 22.0. The van der Waals surface area contributed by atoms with E-state index < -0.39 is 5.97 Å². The number of nitrogens with zero attached hydrogens (tertiary/aromatic N) is 2. The topological polar surface area (TPSA) is 88.4 Å². The van der Waals surface area contributed by atoms with Gasteiger partial charge in [-0.15, -0.1) is 0 Å². The number of methoxy groups -OCH3 is 1. The second-order valence-electron chi connectivity index (χ2n) is 7.73. The molecule has 1 saturated heterocycles. The second-order valence-corrected chi connectivity index (χ2v) is 9.65. The molecule has 1 aliphatic heterocycles. The molecule has 36 heavy (non-hydrogen) atoms. The SMILES string of the molecule is CCN1C(=O)/C(=C\c2cc(Br)ccc2OCc2ccc(C(=O)O)cc2)SC1=Nc1ccc(OC)cc1. The first kappa shape index (κ1) is 25.5. The molecule has 1 heterocycles. The van der Waals surface area contributed by atoms with Crippen molar-refractivity contribution in [2.45, 2.75) is 13.5 Å². The summed E-state index contributed by atoms with van der Waals surface area (Å²) in [6.45, 7) is 2.66. The van der Waals surface area contributed by atoms with Gasteiger partial charge in [-0.2, -0.15) is 0 Å². The normalized spacial score (nSPS) is 15.5. The maximum Gasteiger partial charge on any atom is 0.335 e. The minimum absolute atomic E-state index is 0.120. The fourth-order valence-corrected chi connectivity index (χ4v) is 4.88. The average molecular weight is 567 g/mol. The van der Waals surface area contributed by atoms with Gasteiger partial charge < -0.3 is 14.6 Å². The molecule has 1 fully saturated rings. The molecule has 0 radical (unpaired) electrons. The van der Waals surface area contributed by atoms with Crippen molar-refractivity contribution < 1.29 is 24.2 Å². The van der Waals surface area contributed by atoms with E-state index in [1.807, 2.05) is 49.4 Å². The number of amidine groups is 1. The quantitative estimate of drug-likeness (QED) is 0.319. The zero-order valence-electron chi connectivity index (χ0n) is 19.6. The van der Waals surface area contributed by atoms with E-state index in [1.54, 1.807) is 42.4 Å². The van der Waals surface area contributed by atoms with Crippen LogP contribution in [0.5, 0.6) is 11.5 Å². The van der Waals surface area contributed by atoms with Crippen molar-refractivity contribution in [2.24, 2.45) is 4.99 Å². The third-order valence-corrected chi connectivity index (χ3v) is 6.86. The summed E-state index contributed by atoms with van der Waals surface area (Å²) >= 11 is 4.81. The minimum atomic E-state index is -0.973. The first-order chi connectivity index (χ1) is 17.4. The summed E-state index contributed by atoms with van der Waals surface area (Å²) in [6, 6.07) is 19.5. The number of carbonyl (C=O) groups is 2. The van der Waals surface area contributed by atoms with Crippen molar-refractivity contribution in [1.82, 2.24) is 4.90 Å². The van der Waals surface area contributed by atoms with Crippen LogP contribution in [0.15, 0.2) is 81.1 Å². The van der Waals surface area contributed by atoms with Crippen LogP contribution in [0.2, 0.25) is 0 Å². The van der Waals surface area contributed by atoms with Gasteiger partial charge in [0.1, 0.15) is 18.1 Å². The van der Waals surface area contributed by atoms with E-state index in [1.165, 1.54) is 11.8 Å². The molecule has 0 atom stereocenters. The van der Waals surface area contributed by atoms with Gasteiger partial charge >= 0.3 is 5.97 Å². The van der Waals surface area contributed by atoms with Crippen LogP contribution in [-0.2, 0) is 11.4 Å². The molecule has 3 aromatic carbocycles. The summed E-state index contributed by atoms with van der Waals surface area (Å²) in [5.41, 5.74) is 2.52. The number of thioether (sulfide) groups is 1. The van der Waals surface area contributed by atoms with E-state index in [9.17, 15) is 9.59 Å². The third-order valence-electron chi connectivity index (χ3n) is 5.36. The Morgan fingerprint density at radius 3 is 2.47 bits per heavy atom. The van der Waals surface area contributed by atoms with Crippen molar-refractivity contribution in [1.29, 1.82) is 0 Å². The van der Waals surface area contributed by atoms with Gasteiger partial charge in [-0.3, -0.25) is 9.69 Å². The van der Waals surface area contributed by atoms with Gasteiger partial charge in [0.15, 0.2) is 5.17 Å². The molecule has 0 aliphatic carbocycles. The Morgan fingerprint density at radius 1 is 1.11 bits per heavy atom. The van der Waals surface area contributed by atoms with Crippen LogP contribution >= 0.6 is 27.7 Å². The predicted molar refractivity (Wildman–Crippen MR) is 145 cm³/mol. The monoisotopic (exact) mass is 566 g/mol. The highest BCUT2D eigenvalue weighted by atomic mass is 79.9. The van der Waals surface area contributed by atoms with Gasteiger partial charge in [-0.25, -0.2) is 9.79 Å². The number of aromatic carboxylic acids is 1. The van der Waals surface area contributed by atoms with Gasteiger partial charge in [0.05, 0.1) is 23.3 Å². The molecule has 0 saturated carbocycles. The highest BCUT2D eigenvalue weighted by Gasteiger charge is 2.32. The number of carboxylic acid groups (broad SMARTS) is 1. The molecule has 7 nitrogen and oxygen atoms in total. The van der Waals surface area contributed by atoms with E-state index in [0.717, 1.165) is 27.0 Å². The largest absolute Gasteiger partial charge is 0.497 e. The number of carboxylic acids is 1. The Balaban J connectivity index is 1.57. The van der Waals surface area contributed by atoms with Crippen LogP contribution in [0, 0.1) is 0 Å². The minimum Gasteiger partial charge on any atom is -0.497 e. The van der Waals surface area contributed by atoms with E-state index in [0.29, 0.717) is 22.4 Å². The molecule has 1 aliphatic rings. The Labute approximate surface area is 221 Å². The summed E-state index contributed by atoms with van der Waals surface area (Å²) in [4.78, 5) is 31.1. The zero-order chi connectivity index (χ0) is 25.7. The summed E-state index contributed by atoms with van der Waals surface area (Å²) in [5, 5.41) is 9.68. The average Bonchev–Trinajstić information content (AvgIpc) is 3.17. The fraction of sp³-hybridized carbons (Fsp3) is 0.148. The summed E-state index contributed by atoms with van der Waals surface area (Å²) in [5.74, 6) is 0.246. The maximum absolute atomic E-state index is 13.1. The summed E-state index contributed by atoms with van der Waals surface area (Å²) < 4.78 is 12.1. The van der Waals surface area contributed by atoms with Crippen molar-refractivity contribution in [3.05, 3.63) is 92.8 Å². The van der Waals surface area contributed by atoms with E-state index in [4.69, 9.17) is 14.6 Å². The number of amides is 1. The fourth-order valence-electron chi connectivity index (χ4n) is 3.45. The Hall–Kier alpha value is -3.56. The van der Waals surface area contributed by atoms with Crippen LogP contribution in [0.3, 0.4) is 0 Å². The molecule has 4 rings (SSSR count). The lowest BCUT2D eigenvalue weighted by molar-refractivity contribution is -0.122. The first-order valence-corrected chi connectivity index (χ1v) is 12.7. The van der Waals surface area contributed by atoms with Crippen molar-refractivity contribution >= 4 is 56.5 Å². The molecule has 3 aromatic rings. The second kappa shape index (κ2) is 11.5. The van der Waals surface area contributed by atoms with Crippen molar-refractivity contribution in [3.63, 3.8) is 0 Å². The number of likely N-dealkylation sites (N-methyl/N-ethyl adjacent to an activating group) is 1. The summed E-state index contributed by atoms with van der Waals surface area (Å²) in [7, 11) is 1.61. The molecule has 9 heteroatoms. The summed E-state index contributed by atoms with van der Waals surface area (Å²) in [6.07, 6.45) is 1.81. The van der Waals surface area contributed by atoms with Crippen LogP contribution in [0.1, 0.15) is 28.4 Å². The van der Waals surface area contributed by atoms with Gasteiger partial charge in [0.2, 0.25) is 0 Å². The Morgan fingerprint density at radius 2 is 1.83 bits per heavy atom. The molecule has 1 N–H and O–H groups in total. The van der Waals surface area contributed by atoms with E-state index in [2.05, 4.69) is 20.9 Å². The van der Waals surface area contributed by atoms with E-state index in [-0.39, 0.29) is 18.1 Å². The molecule has 0 aromatic heterocycles. The molecule has 0 spiro atoms. The first-order valence-electron chi connectivity index (χ1n) is 11.1. The van der Waals surface area contributed by atoms with Gasteiger partial charge in [0.25, 0.3) is 5.91 Å². The number of hydrogen-bond acceptors (Lipinski definition) is 6. The third kappa shape index (κ3) is 5.98. The van der Waals surface area contributed by atoms with Crippen LogP contribution in [0.4, 0.5) is 5.69 Å². The smallest absolute Gasteiger partial charge is 0.335 e. The van der Waals surface area contributed by atoms with Crippen LogP contribution in [-0.4, -0.2) is 40.7 Å². The van der Waals surface area contributed by atoms with Crippen molar-refractivity contribution in [2.75, 3.05) is 13.7 Å². The lowest BCUT2D eigenvalue weighted by Crippen LogP contribution is -2.28. The van der Waals surface area contributed by atoms with Crippen LogP contribution < -0.4 is 9.47 Å². The number of ether oxygens (including phenoxy) is 2. The maximum atomic E-state index is 13.1. The van der Waals surface area contributed by atoms with Gasteiger partial charge in [-0.1, -0.05) is 28.1 Å². The molecule has 1 amide bonds. The molecule has 0 unspecified atom stereocenters. The number of aliphatic imine (C=N–C) groups is 1. The number of benzene rings is 3. The number of hydrogen-bond donors (Lipinski definition) is 1. The van der Waals surface area contributed by atoms with E-state index >= 15 is 0 Å². The Kier molecular flexibility index (Phi) is 8.12. The lowest BCUT2D eigenvalue weighted by atomic mass is 10.1. The molecular formula is C27H23BrN2O5S. The standard InChI is InChI=1S/C27H23BrN2O5S/c1-3-30-25(31)24(36-27(30)29-21-9-11-22(34-2)12-10-21)15-19-14-20(28)8-13-23(19)35-16-17-4-6-18(7-5-17)26(32)33/h4-15H,3,16H2,1-2H3,(H,32,33)/b24-15+,29-27?.